The Morgan fingerprint density at radius 1 is 1.08 bits per heavy atom. The molecule has 132 valence electrons. The Bertz CT molecular complexity index is 589. The van der Waals surface area contributed by atoms with Crippen LogP contribution in [0.3, 0.4) is 0 Å². The zero-order chi connectivity index (χ0) is 18.2. The van der Waals surface area contributed by atoms with Gasteiger partial charge >= 0.3 is 5.97 Å². The number of rotatable bonds is 9. The quantitative estimate of drug-likeness (QED) is 0.634. The van der Waals surface area contributed by atoms with Gasteiger partial charge in [0.15, 0.2) is 5.54 Å². The molecule has 0 radical (unpaired) electrons. The van der Waals surface area contributed by atoms with Crippen molar-refractivity contribution in [2.45, 2.75) is 45.1 Å². The van der Waals surface area contributed by atoms with Gasteiger partial charge in [0.1, 0.15) is 0 Å². The second kappa shape index (κ2) is 9.27. The third kappa shape index (κ3) is 5.23. The van der Waals surface area contributed by atoms with E-state index in [9.17, 15) is 19.5 Å². The minimum absolute atomic E-state index is 0.0831. The molecular weight excluding hydrogens is 332 g/mol. The fourth-order valence-electron chi connectivity index (χ4n) is 2.42. The van der Waals surface area contributed by atoms with Crippen molar-refractivity contribution < 1.29 is 19.5 Å². The van der Waals surface area contributed by atoms with Crippen molar-refractivity contribution in [2.24, 2.45) is 0 Å². The Labute approximate surface area is 146 Å². The Kier molecular flexibility index (Phi) is 7.71. The van der Waals surface area contributed by atoms with Gasteiger partial charge in [-0.2, -0.15) is 0 Å². The van der Waals surface area contributed by atoms with Gasteiger partial charge in [-0.25, -0.2) is 4.79 Å². The summed E-state index contributed by atoms with van der Waals surface area (Å²) in [6.07, 6.45) is 0.859. The summed E-state index contributed by atoms with van der Waals surface area (Å²) < 4.78 is 0. The molecule has 1 aromatic rings. The minimum Gasteiger partial charge on any atom is -0.479 e. The number of carboxylic acid groups (broad SMARTS) is 1. The number of carbonyl (C=O) groups excluding carboxylic acids is 2. The van der Waals surface area contributed by atoms with E-state index in [1.54, 1.807) is 31.2 Å². The SMILES string of the molecule is CCNC(=O)CCCC(=O)NC(CC)(C(=O)O)c1ccc(Cl)cc1. The predicted molar refractivity (Wildman–Crippen MR) is 91.7 cm³/mol. The molecule has 0 saturated carbocycles. The van der Waals surface area contributed by atoms with E-state index in [-0.39, 0.29) is 25.2 Å². The summed E-state index contributed by atoms with van der Waals surface area (Å²) in [7, 11) is 0. The van der Waals surface area contributed by atoms with Crippen LogP contribution in [0.2, 0.25) is 5.02 Å². The summed E-state index contributed by atoms with van der Waals surface area (Å²) in [6, 6.07) is 6.36. The largest absolute Gasteiger partial charge is 0.479 e. The highest BCUT2D eigenvalue weighted by Gasteiger charge is 2.40. The van der Waals surface area contributed by atoms with Crippen molar-refractivity contribution in [3.63, 3.8) is 0 Å². The van der Waals surface area contributed by atoms with Gasteiger partial charge in [0.2, 0.25) is 11.8 Å². The predicted octanol–water partition coefficient (Wildman–Crippen LogP) is 2.45. The van der Waals surface area contributed by atoms with Gasteiger partial charge in [0.25, 0.3) is 0 Å². The molecule has 0 fully saturated rings. The third-order valence-electron chi connectivity index (χ3n) is 3.77. The van der Waals surface area contributed by atoms with E-state index < -0.39 is 17.4 Å². The van der Waals surface area contributed by atoms with E-state index in [1.165, 1.54) is 0 Å². The number of hydrogen-bond acceptors (Lipinski definition) is 3. The van der Waals surface area contributed by atoms with Gasteiger partial charge in [-0.05, 0) is 37.5 Å². The Morgan fingerprint density at radius 2 is 1.67 bits per heavy atom. The van der Waals surface area contributed by atoms with Crippen molar-refractivity contribution in [1.82, 2.24) is 10.6 Å². The zero-order valence-electron chi connectivity index (χ0n) is 13.9. The van der Waals surface area contributed by atoms with Crippen molar-refractivity contribution in [3.8, 4) is 0 Å². The van der Waals surface area contributed by atoms with Gasteiger partial charge in [-0.15, -0.1) is 0 Å². The number of carboxylic acids is 1. The molecular formula is C17H23ClN2O4. The molecule has 0 bridgehead atoms. The summed E-state index contributed by atoms with van der Waals surface area (Å²) in [4.78, 5) is 35.4. The van der Waals surface area contributed by atoms with Crippen LogP contribution in [0, 0.1) is 0 Å². The normalized spacial score (nSPS) is 13.0. The zero-order valence-corrected chi connectivity index (χ0v) is 14.7. The molecule has 0 saturated heterocycles. The van der Waals surface area contributed by atoms with Gasteiger partial charge < -0.3 is 15.7 Å². The first-order chi connectivity index (χ1) is 11.4. The summed E-state index contributed by atoms with van der Waals surface area (Å²) >= 11 is 5.84. The average Bonchev–Trinajstić information content (AvgIpc) is 2.53. The molecule has 1 unspecified atom stereocenters. The molecule has 1 aromatic carbocycles. The van der Waals surface area contributed by atoms with E-state index in [2.05, 4.69) is 10.6 Å². The van der Waals surface area contributed by atoms with Gasteiger partial charge in [-0.3, -0.25) is 9.59 Å². The van der Waals surface area contributed by atoms with Crippen molar-refractivity contribution >= 4 is 29.4 Å². The smallest absolute Gasteiger partial charge is 0.334 e. The lowest BCUT2D eigenvalue weighted by molar-refractivity contribution is -0.148. The van der Waals surface area contributed by atoms with Crippen LogP contribution in [0.15, 0.2) is 24.3 Å². The molecule has 0 aliphatic rings. The first-order valence-electron chi connectivity index (χ1n) is 7.92. The van der Waals surface area contributed by atoms with Crippen LogP contribution in [0.25, 0.3) is 0 Å². The molecule has 7 heteroatoms. The average molecular weight is 355 g/mol. The Balaban J connectivity index is 2.79. The van der Waals surface area contributed by atoms with E-state index >= 15 is 0 Å². The molecule has 0 aromatic heterocycles. The lowest BCUT2D eigenvalue weighted by atomic mass is 9.87. The fraction of sp³-hybridized carbons (Fsp3) is 0.471. The van der Waals surface area contributed by atoms with E-state index in [0.717, 1.165) is 0 Å². The number of hydrogen-bond donors (Lipinski definition) is 3. The van der Waals surface area contributed by atoms with Gasteiger partial charge in [-0.1, -0.05) is 30.7 Å². The highest BCUT2D eigenvalue weighted by molar-refractivity contribution is 6.30. The van der Waals surface area contributed by atoms with Crippen LogP contribution in [-0.2, 0) is 19.9 Å². The number of benzene rings is 1. The van der Waals surface area contributed by atoms with Crippen LogP contribution >= 0.6 is 11.6 Å². The third-order valence-corrected chi connectivity index (χ3v) is 4.02. The molecule has 0 aliphatic carbocycles. The minimum atomic E-state index is -1.51. The standard InChI is InChI=1S/C17H23ClN2O4/c1-3-17(16(23)24,12-8-10-13(18)11-9-12)20-15(22)7-5-6-14(21)19-4-2/h8-11H,3-7H2,1-2H3,(H,19,21)(H,20,22)(H,23,24). The van der Waals surface area contributed by atoms with Crippen LogP contribution < -0.4 is 10.6 Å². The lowest BCUT2D eigenvalue weighted by Gasteiger charge is -2.30. The molecule has 3 N–H and O–H groups in total. The highest BCUT2D eigenvalue weighted by Crippen LogP contribution is 2.27. The summed E-state index contributed by atoms with van der Waals surface area (Å²) in [5, 5.41) is 15.4. The Hall–Kier alpha value is -2.08. The van der Waals surface area contributed by atoms with Crippen LogP contribution in [0.4, 0.5) is 0 Å². The van der Waals surface area contributed by atoms with Crippen LogP contribution in [0.1, 0.15) is 45.1 Å². The molecule has 0 aliphatic heterocycles. The first-order valence-corrected chi connectivity index (χ1v) is 8.30. The summed E-state index contributed by atoms with van der Waals surface area (Å²) in [5.74, 6) is -1.66. The molecule has 0 heterocycles. The van der Waals surface area contributed by atoms with E-state index in [4.69, 9.17) is 11.6 Å². The molecule has 1 atom stereocenters. The van der Waals surface area contributed by atoms with Crippen LogP contribution in [0.5, 0.6) is 0 Å². The second-order valence-electron chi connectivity index (χ2n) is 5.43. The van der Waals surface area contributed by atoms with Gasteiger partial charge in [0, 0.05) is 24.4 Å². The molecule has 2 amide bonds. The maximum Gasteiger partial charge on any atom is 0.334 e. The van der Waals surface area contributed by atoms with Crippen LogP contribution in [-0.4, -0.2) is 29.4 Å². The maximum atomic E-state index is 12.2. The van der Waals surface area contributed by atoms with Crippen molar-refractivity contribution in [1.29, 1.82) is 0 Å². The maximum absolute atomic E-state index is 12.2. The first kappa shape index (κ1) is 20.0. The van der Waals surface area contributed by atoms with Gasteiger partial charge in [0.05, 0.1) is 0 Å². The van der Waals surface area contributed by atoms with E-state index in [1.807, 2.05) is 6.92 Å². The second-order valence-corrected chi connectivity index (χ2v) is 5.86. The summed E-state index contributed by atoms with van der Waals surface area (Å²) in [6.45, 7) is 4.05. The van der Waals surface area contributed by atoms with E-state index in [0.29, 0.717) is 23.6 Å². The number of amides is 2. The highest BCUT2D eigenvalue weighted by atomic mass is 35.5. The molecule has 1 rings (SSSR count). The topological polar surface area (TPSA) is 95.5 Å². The molecule has 6 nitrogen and oxygen atoms in total. The summed E-state index contributed by atoms with van der Waals surface area (Å²) in [5.41, 5.74) is -1.05. The number of halogens is 1. The number of carbonyl (C=O) groups is 3. The monoisotopic (exact) mass is 354 g/mol. The number of aliphatic carboxylic acids is 1. The van der Waals surface area contributed by atoms with Crippen molar-refractivity contribution in [2.75, 3.05) is 6.54 Å². The Morgan fingerprint density at radius 3 is 2.17 bits per heavy atom. The lowest BCUT2D eigenvalue weighted by Crippen LogP contribution is -2.51. The molecule has 0 spiro atoms. The fourth-order valence-corrected chi connectivity index (χ4v) is 2.55. The molecule has 24 heavy (non-hydrogen) atoms. The van der Waals surface area contributed by atoms with Crippen molar-refractivity contribution in [3.05, 3.63) is 34.9 Å². The number of nitrogens with one attached hydrogen (secondary N) is 2.